The Morgan fingerprint density at radius 3 is 2.36 bits per heavy atom. The monoisotopic (exact) mass is 255 g/mol. The van der Waals surface area contributed by atoms with E-state index in [2.05, 4.69) is 0 Å². The van der Waals surface area contributed by atoms with Crippen molar-refractivity contribution in [2.45, 2.75) is 0 Å². The summed E-state index contributed by atoms with van der Waals surface area (Å²) in [6, 6.07) is 1.21. The molecular weight excluding hydrogens is 252 g/mol. The minimum absolute atomic E-state index is 0.0458. The number of hydrogen-bond donors (Lipinski definition) is 0. The summed E-state index contributed by atoms with van der Waals surface area (Å²) < 4.78 is 4.79. The van der Waals surface area contributed by atoms with Crippen LogP contribution in [0.4, 0.5) is 5.69 Å². The average Bonchev–Trinajstić information content (AvgIpc) is 2.02. The van der Waals surface area contributed by atoms with E-state index in [1.54, 1.807) is 0 Å². The second-order valence-corrected chi connectivity index (χ2v) is 3.49. The first-order valence-electron chi connectivity index (χ1n) is 3.35. The molecule has 0 spiro atoms. The Hall–Kier alpha value is -0.710. The molecule has 0 heterocycles. The highest BCUT2D eigenvalue weighted by Crippen LogP contribution is 2.43. The van der Waals surface area contributed by atoms with E-state index in [-0.39, 0.29) is 20.8 Å². The van der Waals surface area contributed by atoms with Crippen LogP contribution >= 0.6 is 34.8 Å². The van der Waals surface area contributed by atoms with E-state index in [9.17, 15) is 10.1 Å². The van der Waals surface area contributed by atoms with E-state index < -0.39 is 10.6 Å². The fourth-order valence-corrected chi connectivity index (χ4v) is 1.97. The first-order chi connectivity index (χ1) is 6.49. The van der Waals surface area contributed by atoms with Gasteiger partial charge in [-0.1, -0.05) is 34.8 Å². The molecule has 0 bridgehead atoms. The third-order valence-corrected chi connectivity index (χ3v) is 2.41. The quantitative estimate of drug-likeness (QED) is 0.600. The van der Waals surface area contributed by atoms with Gasteiger partial charge in [-0.3, -0.25) is 10.1 Å². The molecule has 0 aliphatic heterocycles. The molecule has 0 saturated carbocycles. The van der Waals surface area contributed by atoms with E-state index in [0.29, 0.717) is 0 Å². The molecule has 4 nitrogen and oxygen atoms in total. The zero-order valence-corrected chi connectivity index (χ0v) is 9.15. The van der Waals surface area contributed by atoms with Gasteiger partial charge in [-0.25, -0.2) is 0 Å². The summed E-state index contributed by atoms with van der Waals surface area (Å²) in [5.41, 5.74) is -0.408. The van der Waals surface area contributed by atoms with Crippen LogP contribution in [0.1, 0.15) is 0 Å². The Morgan fingerprint density at radius 2 is 1.93 bits per heavy atom. The molecule has 0 amide bonds. The van der Waals surface area contributed by atoms with Crippen molar-refractivity contribution in [3.63, 3.8) is 0 Å². The Balaban J connectivity index is 3.52. The van der Waals surface area contributed by atoms with Crippen molar-refractivity contribution in [3.05, 3.63) is 31.2 Å². The van der Waals surface area contributed by atoms with Gasteiger partial charge in [0.2, 0.25) is 0 Å². The third kappa shape index (κ3) is 1.87. The highest BCUT2D eigenvalue weighted by Gasteiger charge is 2.24. The minimum atomic E-state index is -0.691. The van der Waals surface area contributed by atoms with Gasteiger partial charge in [-0.15, -0.1) is 0 Å². The summed E-state index contributed by atoms with van der Waals surface area (Å²) >= 11 is 17.0. The summed E-state index contributed by atoms with van der Waals surface area (Å²) in [6.45, 7) is 0. The van der Waals surface area contributed by atoms with Gasteiger partial charge >= 0.3 is 5.69 Å². The highest BCUT2D eigenvalue weighted by atomic mass is 35.5. The normalized spacial score (nSPS) is 10.0. The Labute approximate surface area is 94.5 Å². The maximum Gasteiger partial charge on any atom is 0.310 e. The van der Waals surface area contributed by atoms with Crippen molar-refractivity contribution in [2.75, 3.05) is 7.11 Å². The van der Waals surface area contributed by atoms with E-state index in [4.69, 9.17) is 39.5 Å². The maximum absolute atomic E-state index is 10.6. The van der Waals surface area contributed by atoms with Gasteiger partial charge in [-0.05, 0) is 6.07 Å². The number of hydrogen-bond acceptors (Lipinski definition) is 3. The molecule has 7 heteroatoms. The number of benzene rings is 1. The van der Waals surface area contributed by atoms with Crippen LogP contribution in [0.2, 0.25) is 15.1 Å². The molecule has 0 saturated heterocycles. The molecular formula is C7H4Cl3NO3. The second kappa shape index (κ2) is 4.21. The SMILES string of the molecule is COc1c(Cl)cc(Cl)c([N+](=O)[O-])c1Cl. The predicted octanol–water partition coefficient (Wildman–Crippen LogP) is 3.56. The van der Waals surface area contributed by atoms with Gasteiger partial charge in [0.15, 0.2) is 10.8 Å². The van der Waals surface area contributed by atoms with Crippen LogP contribution in [-0.4, -0.2) is 12.0 Å². The van der Waals surface area contributed by atoms with Crippen molar-refractivity contribution in [3.8, 4) is 5.75 Å². The molecule has 0 fully saturated rings. The highest BCUT2D eigenvalue weighted by molar-refractivity contribution is 6.42. The third-order valence-electron chi connectivity index (χ3n) is 1.49. The fourth-order valence-electron chi connectivity index (χ4n) is 0.917. The van der Waals surface area contributed by atoms with E-state index in [1.165, 1.54) is 13.2 Å². The summed E-state index contributed by atoms with van der Waals surface area (Å²) in [6.07, 6.45) is 0. The van der Waals surface area contributed by atoms with Gasteiger partial charge in [-0.2, -0.15) is 0 Å². The topological polar surface area (TPSA) is 52.4 Å². The lowest BCUT2D eigenvalue weighted by atomic mass is 10.3. The van der Waals surface area contributed by atoms with Gasteiger partial charge in [0.25, 0.3) is 0 Å². The molecule has 1 aromatic carbocycles. The van der Waals surface area contributed by atoms with Gasteiger partial charge in [0.05, 0.1) is 17.1 Å². The van der Waals surface area contributed by atoms with Crippen molar-refractivity contribution < 1.29 is 9.66 Å². The van der Waals surface area contributed by atoms with Crippen LogP contribution in [0.3, 0.4) is 0 Å². The van der Waals surface area contributed by atoms with Gasteiger partial charge < -0.3 is 4.74 Å². The van der Waals surface area contributed by atoms with Crippen molar-refractivity contribution in [1.82, 2.24) is 0 Å². The fraction of sp³-hybridized carbons (Fsp3) is 0.143. The van der Waals surface area contributed by atoms with Gasteiger partial charge in [0.1, 0.15) is 5.02 Å². The van der Waals surface area contributed by atoms with E-state index >= 15 is 0 Å². The number of rotatable bonds is 2. The lowest BCUT2D eigenvalue weighted by molar-refractivity contribution is -0.384. The molecule has 76 valence electrons. The number of nitro benzene ring substituents is 1. The molecule has 0 atom stereocenters. The number of halogens is 3. The van der Waals surface area contributed by atoms with Gasteiger partial charge in [0, 0.05) is 0 Å². The molecule has 0 N–H and O–H groups in total. The van der Waals surface area contributed by atoms with Crippen LogP contribution in [0.15, 0.2) is 6.07 Å². The number of ether oxygens (including phenoxy) is 1. The summed E-state index contributed by atoms with van der Waals surface area (Å²) in [4.78, 5) is 9.87. The van der Waals surface area contributed by atoms with Crippen molar-refractivity contribution in [1.29, 1.82) is 0 Å². The summed E-state index contributed by atoms with van der Waals surface area (Å²) in [7, 11) is 1.31. The minimum Gasteiger partial charge on any atom is -0.493 e. The van der Waals surface area contributed by atoms with Crippen LogP contribution in [0, 0.1) is 10.1 Å². The molecule has 1 rings (SSSR count). The molecule has 0 aliphatic carbocycles. The van der Waals surface area contributed by atoms with Crippen LogP contribution in [0.5, 0.6) is 5.75 Å². The Bertz CT molecular complexity index is 394. The lowest BCUT2D eigenvalue weighted by Gasteiger charge is -2.06. The Morgan fingerprint density at radius 1 is 1.36 bits per heavy atom. The summed E-state index contributed by atoms with van der Waals surface area (Å²) in [5, 5.41) is 10.4. The molecule has 1 aromatic rings. The predicted molar refractivity (Wildman–Crippen MR) is 54.7 cm³/mol. The van der Waals surface area contributed by atoms with Crippen LogP contribution in [0.25, 0.3) is 0 Å². The average molecular weight is 256 g/mol. The van der Waals surface area contributed by atoms with Crippen LogP contribution < -0.4 is 4.74 Å². The first kappa shape index (κ1) is 11.4. The standard InChI is InChI=1S/C7H4Cl3NO3/c1-14-7-4(9)2-3(8)6(5(7)10)11(12)13/h2H,1H3. The van der Waals surface area contributed by atoms with Crippen molar-refractivity contribution in [2.24, 2.45) is 0 Å². The molecule has 14 heavy (non-hydrogen) atoms. The maximum atomic E-state index is 10.6. The Kier molecular flexibility index (Phi) is 3.42. The molecule has 0 aliphatic rings. The summed E-state index contributed by atoms with van der Waals surface area (Å²) in [5.74, 6) is 0.0458. The number of methoxy groups -OCH3 is 1. The van der Waals surface area contributed by atoms with Crippen molar-refractivity contribution >= 4 is 40.5 Å². The largest absolute Gasteiger partial charge is 0.493 e. The number of nitrogens with zero attached hydrogens (tertiary/aromatic N) is 1. The first-order valence-corrected chi connectivity index (χ1v) is 4.48. The zero-order valence-electron chi connectivity index (χ0n) is 6.88. The second-order valence-electron chi connectivity index (χ2n) is 2.29. The zero-order chi connectivity index (χ0) is 10.9. The smallest absolute Gasteiger partial charge is 0.310 e. The molecule has 0 radical (unpaired) electrons. The van der Waals surface area contributed by atoms with Crippen LogP contribution in [-0.2, 0) is 0 Å². The van der Waals surface area contributed by atoms with E-state index in [0.717, 1.165) is 0 Å². The number of nitro groups is 1. The van der Waals surface area contributed by atoms with E-state index in [1.807, 2.05) is 0 Å². The lowest BCUT2D eigenvalue weighted by Crippen LogP contribution is -1.94. The molecule has 0 unspecified atom stereocenters. The molecule has 0 aromatic heterocycles.